The molecule has 0 spiro atoms. The Kier molecular flexibility index (Phi) is 6.54. The number of ether oxygens (including phenoxy) is 1. The molecular formula is C12H24IN3OS. The molecule has 0 amide bonds. The van der Waals surface area contributed by atoms with Crippen molar-refractivity contribution in [3.8, 4) is 0 Å². The largest absolute Gasteiger partial charge is 0.381 e. The topological polar surface area (TPSA) is 50.8 Å². The van der Waals surface area contributed by atoms with Crippen LogP contribution in [0.5, 0.6) is 0 Å². The van der Waals surface area contributed by atoms with E-state index in [9.17, 15) is 0 Å². The van der Waals surface area contributed by atoms with Gasteiger partial charge in [0.1, 0.15) is 0 Å². The van der Waals surface area contributed by atoms with E-state index in [1.165, 1.54) is 12.8 Å². The van der Waals surface area contributed by atoms with Crippen LogP contribution in [0.25, 0.3) is 0 Å². The molecule has 2 rings (SSSR count). The number of thioether (sulfide) groups is 1. The Balaban J connectivity index is 0.00000162. The summed E-state index contributed by atoms with van der Waals surface area (Å²) in [5, 5.41) is 0. The van der Waals surface area contributed by atoms with E-state index >= 15 is 0 Å². The zero-order valence-corrected chi connectivity index (χ0v) is 14.4. The molecule has 1 saturated heterocycles. The van der Waals surface area contributed by atoms with Crippen molar-refractivity contribution in [1.82, 2.24) is 4.90 Å². The van der Waals surface area contributed by atoms with Crippen molar-refractivity contribution in [3.63, 3.8) is 0 Å². The van der Waals surface area contributed by atoms with Crippen LogP contribution in [0.15, 0.2) is 4.99 Å². The first kappa shape index (κ1) is 16.4. The quantitative estimate of drug-likeness (QED) is 0.457. The van der Waals surface area contributed by atoms with Gasteiger partial charge in [0.05, 0.1) is 6.54 Å². The monoisotopic (exact) mass is 385 g/mol. The first-order chi connectivity index (χ1) is 8.17. The molecule has 1 aliphatic carbocycles. The van der Waals surface area contributed by atoms with Gasteiger partial charge in [-0.3, -0.25) is 4.99 Å². The van der Waals surface area contributed by atoms with Crippen LogP contribution in [-0.4, -0.2) is 54.7 Å². The van der Waals surface area contributed by atoms with Crippen LogP contribution in [0.4, 0.5) is 0 Å². The van der Waals surface area contributed by atoms with Crippen molar-refractivity contribution in [2.45, 2.75) is 36.5 Å². The Bertz CT molecular complexity index is 291. The zero-order valence-electron chi connectivity index (χ0n) is 11.2. The van der Waals surface area contributed by atoms with Crippen LogP contribution in [0.1, 0.15) is 25.7 Å². The maximum absolute atomic E-state index is 6.02. The van der Waals surface area contributed by atoms with Crippen LogP contribution in [0.2, 0.25) is 0 Å². The SMILES string of the molecule is CSC1(CN=C(N)N(C)C2CC2)CCOCC1.I. The minimum Gasteiger partial charge on any atom is -0.381 e. The summed E-state index contributed by atoms with van der Waals surface area (Å²) in [6, 6.07) is 0.638. The van der Waals surface area contributed by atoms with Gasteiger partial charge in [0.25, 0.3) is 0 Å². The Labute approximate surface area is 131 Å². The van der Waals surface area contributed by atoms with Crippen molar-refractivity contribution in [2.24, 2.45) is 10.7 Å². The molecule has 0 atom stereocenters. The Hall–Kier alpha value is 0.310. The highest BCUT2D eigenvalue weighted by Crippen LogP contribution is 2.34. The van der Waals surface area contributed by atoms with Crippen molar-refractivity contribution >= 4 is 41.7 Å². The summed E-state index contributed by atoms with van der Waals surface area (Å²) in [6.45, 7) is 2.53. The van der Waals surface area contributed by atoms with Crippen LogP contribution >= 0.6 is 35.7 Å². The van der Waals surface area contributed by atoms with Crippen molar-refractivity contribution in [2.75, 3.05) is 33.1 Å². The molecule has 0 aromatic carbocycles. The lowest BCUT2D eigenvalue weighted by Gasteiger charge is -2.34. The fraction of sp³-hybridized carbons (Fsp3) is 0.917. The number of halogens is 1. The smallest absolute Gasteiger partial charge is 0.191 e. The second-order valence-electron chi connectivity index (χ2n) is 5.02. The van der Waals surface area contributed by atoms with Gasteiger partial charge in [0.2, 0.25) is 0 Å². The van der Waals surface area contributed by atoms with Gasteiger partial charge in [-0.15, -0.1) is 24.0 Å². The second kappa shape index (κ2) is 7.19. The molecule has 1 saturated carbocycles. The predicted octanol–water partition coefficient (Wildman–Crippen LogP) is 1.93. The van der Waals surface area contributed by atoms with Crippen molar-refractivity contribution in [1.29, 1.82) is 0 Å². The van der Waals surface area contributed by atoms with Gasteiger partial charge < -0.3 is 15.4 Å². The molecule has 1 aliphatic heterocycles. The van der Waals surface area contributed by atoms with Crippen molar-refractivity contribution < 1.29 is 4.74 Å². The number of guanidine groups is 1. The summed E-state index contributed by atoms with van der Waals surface area (Å²) in [6.07, 6.45) is 6.85. The van der Waals surface area contributed by atoms with Gasteiger partial charge in [-0.25, -0.2) is 0 Å². The van der Waals surface area contributed by atoms with E-state index in [0.717, 1.165) is 32.6 Å². The fourth-order valence-electron chi connectivity index (χ4n) is 2.16. The molecule has 6 heteroatoms. The van der Waals surface area contributed by atoms with Crippen LogP contribution < -0.4 is 5.73 Å². The molecule has 4 nitrogen and oxygen atoms in total. The van der Waals surface area contributed by atoms with Gasteiger partial charge in [-0.2, -0.15) is 11.8 Å². The van der Waals surface area contributed by atoms with E-state index in [1.54, 1.807) is 0 Å². The van der Waals surface area contributed by atoms with Crippen LogP contribution in [0, 0.1) is 0 Å². The summed E-state index contributed by atoms with van der Waals surface area (Å²) < 4.78 is 5.67. The van der Waals surface area contributed by atoms with E-state index in [-0.39, 0.29) is 28.7 Å². The molecule has 0 aromatic heterocycles. The second-order valence-corrected chi connectivity index (χ2v) is 6.29. The number of aliphatic imine (C=N–C) groups is 1. The fourth-order valence-corrected chi connectivity index (χ4v) is 2.92. The van der Waals surface area contributed by atoms with Gasteiger partial charge in [0.15, 0.2) is 5.96 Å². The highest BCUT2D eigenvalue weighted by atomic mass is 127. The Morgan fingerprint density at radius 2 is 2.06 bits per heavy atom. The average molecular weight is 385 g/mol. The molecule has 0 radical (unpaired) electrons. The number of hydrogen-bond acceptors (Lipinski definition) is 3. The zero-order chi connectivity index (χ0) is 12.3. The number of rotatable bonds is 4. The average Bonchev–Trinajstić information content (AvgIpc) is 3.20. The highest BCUT2D eigenvalue weighted by molar-refractivity contribution is 14.0. The lowest BCUT2D eigenvalue weighted by atomic mass is 9.99. The summed E-state index contributed by atoms with van der Waals surface area (Å²) >= 11 is 1.91. The number of nitrogens with two attached hydrogens (primary N) is 1. The molecule has 2 aliphatic rings. The molecule has 0 aromatic rings. The van der Waals surface area contributed by atoms with Crippen LogP contribution in [0.3, 0.4) is 0 Å². The van der Waals surface area contributed by atoms with Gasteiger partial charge in [-0.05, 0) is 31.9 Å². The third kappa shape index (κ3) is 4.16. The van der Waals surface area contributed by atoms with Gasteiger partial charge in [-0.1, -0.05) is 0 Å². The van der Waals surface area contributed by atoms with Gasteiger partial charge >= 0.3 is 0 Å². The standard InChI is InChI=1S/C12H23N3OS.HI/c1-15(10-3-4-10)11(13)14-9-12(17-2)5-7-16-8-6-12;/h10H,3-9H2,1-2H3,(H2,13,14);1H. The maximum atomic E-state index is 6.02. The molecule has 1 heterocycles. The molecule has 2 fully saturated rings. The summed E-state index contributed by atoms with van der Waals surface area (Å²) in [4.78, 5) is 6.71. The molecular weight excluding hydrogens is 361 g/mol. The van der Waals surface area contributed by atoms with E-state index in [0.29, 0.717) is 12.0 Å². The molecule has 0 unspecified atom stereocenters. The minimum atomic E-state index is 0. The van der Waals surface area contributed by atoms with E-state index < -0.39 is 0 Å². The third-order valence-corrected chi connectivity index (χ3v) is 5.23. The first-order valence-electron chi connectivity index (χ1n) is 6.32. The van der Waals surface area contributed by atoms with E-state index in [1.807, 2.05) is 18.8 Å². The Morgan fingerprint density at radius 3 is 2.56 bits per heavy atom. The molecule has 2 N–H and O–H groups in total. The molecule has 18 heavy (non-hydrogen) atoms. The number of hydrogen-bond donors (Lipinski definition) is 1. The summed E-state index contributed by atoms with van der Waals surface area (Å²) in [7, 11) is 2.05. The highest BCUT2D eigenvalue weighted by Gasteiger charge is 2.32. The normalized spacial score (nSPS) is 23.3. The van der Waals surface area contributed by atoms with Crippen LogP contribution in [-0.2, 0) is 4.74 Å². The van der Waals surface area contributed by atoms with E-state index in [2.05, 4.69) is 16.1 Å². The minimum absolute atomic E-state index is 0. The number of nitrogens with zero attached hydrogens (tertiary/aromatic N) is 2. The van der Waals surface area contributed by atoms with Crippen molar-refractivity contribution in [3.05, 3.63) is 0 Å². The molecule has 0 bridgehead atoms. The molecule has 106 valence electrons. The van der Waals surface area contributed by atoms with E-state index in [4.69, 9.17) is 10.5 Å². The third-order valence-electron chi connectivity index (χ3n) is 3.82. The first-order valence-corrected chi connectivity index (χ1v) is 7.55. The lowest BCUT2D eigenvalue weighted by Crippen LogP contribution is -2.40. The lowest BCUT2D eigenvalue weighted by molar-refractivity contribution is 0.0794. The Morgan fingerprint density at radius 1 is 1.44 bits per heavy atom. The van der Waals surface area contributed by atoms with Gasteiger partial charge in [0, 0.05) is 31.1 Å². The summed E-state index contributed by atoms with van der Waals surface area (Å²) in [5.41, 5.74) is 6.02. The summed E-state index contributed by atoms with van der Waals surface area (Å²) in [5.74, 6) is 0.701. The predicted molar refractivity (Wildman–Crippen MR) is 89.0 cm³/mol. The maximum Gasteiger partial charge on any atom is 0.191 e.